The summed E-state index contributed by atoms with van der Waals surface area (Å²) in [6, 6.07) is 7.36. The van der Waals surface area contributed by atoms with Crippen LogP contribution in [-0.2, 0) is 36.3 Å². The third-order valence-electron chi connectivity index (χ3n) is 4.35. The summed E-state index contributed by atoms with van der Waals surface area (Å²) in [4.78, 5) is 26.8. The van der Waals surface area contributed by atoms with Gasteiger partial charge < -0.3 is 25.5 Å². The van der Waals surface area contributed by atoms with Crippen LogP contribution in [0.2, 0.25) is 0 Å². The zero-order chi connectivity index (χ0) is 21.7. The first kappa shape index (κ1) is 22.0. The van der Waals surface area contributed by atoms with E-state index in [0.29, 0.717) is 12.2 Å². The van der Waals surface area contributed by atoms with E-state index in [4.69, 9.17) is 25.3 Å². The van der Waals surface area contributed by atoms with Gasteiger partial charge in [-0.2, -0.15) is 4.98 Å². The van der Waals surface area contributed by atoms with Crippen LogP contribution in [0.25, 0.3) is 0 Å². The van der Waals surface area contributed by atoms with Crippen LogP contribution < -0.4 is 21.7 Å². The van der Waals surface area contributed by atoms with Crippen LogP contribution in [0.15, 0.2) is 41.3 Å². The van der Waals surface area contributed by atoms with Crippen molar-refractivity contribution >= 4 is 19.4 Å². The van der Waals surface area contributed by atoms with Crippen molar-refractivity contribution in [3.63, 3.8) is 0 Å². The van der Waals surface area contributed by atoms with Gasteiger partial charge >= 0.3 is 19.3 Å². The van der Waals surface area contributed by atoms with Crippen molar-refractivity contribution < 1.29 is 27.9 Å². The molecule has 1 saturated heterocycles. The number of nitrogens with zero attached hydrogens (tertiary/aromatic N) is 2. The number of nitrogen functional groups attached to an aromatic ring is 1. The number of hydrogen-bond donors (Lipinski definition) is 2. The molecule has 1 aliphatic rings. The van der Waals surface area contributed by atoms with Crippen LogP contribution in [0.5, 0.6) is 5.75 Å². The number of benzene rings is 1. The number of esters is 1. The molecular formula is C18H23N4O7P. The summed E-state index contributed by atoms with van der Waals surface area (Å²) in [5.41, 5.74) is 11.5. The molecule has 12 heteroatoms. The summed E-state index contributed by atoms with van der Waals surface area (Å²) in [5.74, 6) is -0.0397. The minimum atomic E-state index is -3.50. The Morgan fingerprint density at radius 1 is 1.37 bits per heavy atom. The van der Waals surface area contributed by atoms with Gasteiger partial charge in [-0.25, -0.2) is 9.36 Å². The fraction of sp³-hybridized carbons (Fsp3) is 0.389. The Kier molecular flexibility index (Phi) is 6.88. The fourth-order valence-electron chi connectivity index (χ4n) is 2.77. The molecule has 1 unspecified atom stereocenters. The van der Waals surface area contributed by atoms with Gasteiger partial charge in [0.25, 0.3) is 0 Å². The number of carbonyl (C=O) groups excluding carboxylic acids is 1. The summed E-state index contributed by atoms with van der Waals surface area (Å²) in [6.07, 6.45) is 1.06. The number of rotatable bonds is 7. The van der Waals surface area contributed by atoms with Crippen molar-refractivity contribution in [2.24, 2.45) is 5.73 Å². The number of carbonyl (C=O) groups is 1. The lowest BCUT2D eigenvalue weighted by Gasteiger charge is -2.29. The molecule has 1 fully saturated rings. The number of ether oxygens (including phenoxy) is 2. The molecule has 11 nitrogen and oxygen atoms in total. The van der Waals surface area contributed by atoms with Crippen LogP contribution in [0.1, 0.15) is 5.56 Å². The molecular weight excluding hydrogens is 415 g/mol. The molecule has 0 amide bonds. The summed E-state index contributed by atoms with van der Waals surface area (Å²) >= 11 is 0. The molecule has 1 aromatic carbocycles. The van der Waals surface area contributed by atoms with Gasteiger partial charge in [0, 0.05) is 6.20 Å². The Hall–Kier alpha value is -2.72. The van der Waals surface area contributed by atoms with Gasteiger partial charge in [0.15, 0.2) is 6.35 Å². The second-order valence-electron chi connectivity index (χ2n) is 6.68. The highest BCUT2D eigenvalue weighted by Gasteiger charge is 2.34. The Bertz CT molecular complexity index is 983. The summed E-state index contributed by atoms with van der Waals surface area (Å²) in [5, 5.41) is 0. The maximum Gasteiger partial charge on any atom is 0.404 e. The van der Waals surface area contributed by atoms with Crippen molar-refractivity contribution in [1.29, 1.82) is 0 Å². The molecule has 3 atom stereocenters. The first-order valence-corrected chi connectivity index (χ1v) is 10.8. The number of aromatic nitrogens is 2. The zero-order valence-electron chi connectivity index (χ0n) is 16.3. The van der Waals surface area contributed by atoms with E-state index < -0.39 is 31.4 Å². The van der Waals surface area contributed by atoms with E-state index in [1.54, 1.807) is 24.3 Å². The Morgan fingerprint density at radius 2 is 2.10 bits per heavy atom. The summed E-state index contributed by atoms with van der Waals surface area (Å²) in [6.45, 7) is 0.168. The molecule has 2 heterocycles. The predicted molar refractivity (Wildman–Crippen MR) is 107 cm³/mol. The fourth-order valence-corrected chi connectivity index (χ4v) is 4.18. The van der Waals surface area contributed by atoms with Crippen LogP contribution in [0, 0.1) is 0 Å². The molecule has 4 N–H and O–H groups in total. The number of methoxy groups -OCH3 is 1. The number of nitrogens with two attached hydrogens (primary N) is 2. The minimum Gasteiger partial charge on any atom is -0.468 e. The maximum atomic E-state index is 12.8. The van der Waals surface area contributed by atoms with Gasteiger partial charge in [-0.1, -0.05) is 12.1 Å². The molecule has 1 aromatic heterocycles. The third kappa shape index (κ3) is 5.67. The van der Waals surface area contributed by atoms with Crippen LogP contribution in [-0.4, -0.2) is 47.7 Å². The zero-order valence-corrected chi connectivity index (χ0v) is 17.2. The molecule has 2 aromatic rings. The van der Waals surface area contributed by atoms with E-state index in [1.807, 2.05) is 0 Å². The standard InChI is InChI=1S/C18H23N4O7P/c1-26-17(23)15(19)8-12-2-4-13(5-3-12)29-30(25)11-27-14(10-28-30)9-22-7-6-16(20)21-18(22)24/h2-7,14-15H,8-11,19H2,1H3,(H2,20,21,24)/t14-,15+,30?/m0/s1. The monoisotopic (exact) mass is 438 g/mol. The van der Waals surface area contributed by atoms with Crippen molar-refractivity contribution in [2.75, 3.05) is 25.8 Å². The number of anilines is 1. The Labute approximate surface area is 172 Å². The van der Waals surface area contributed by atoms with Gasteiger partial charge in [-0.3, -0.25) is 13.9 Å². The Morgan fingerprint density at radius 3 is 2.70 bits per heavy atom. The van der Waals surface area contributed by atoms with Gasteiger partial charge in [-0.05, 0) is 30.2 Å². The maximum absolute atomic E-state index is 12.8. The quantitative estimate of drug-likeness (QED) is 0.461. The van der Waals surface area contributed by atoms with E-state index in [9.17, 15) is 14.2 Å². The highest BCUT2D eigenvalue weighted by atomic mass is 31.2. The topological polar surface area (TPSA) is 158 Å². The van der Waals surface area contributed by atoms with Crippen LogP contribution >= 0.6 is 7.60 Å². The first-order chi connectivity index (χ1) is 14.3. The molecule has 162 valence electrons. The lowest BCUT2D eigenvalue weighted by Crippen LogP contribution is -2.35. The average Bonchev–Trinajstić information content (AvgIpc) is 2.72. The molecule has 0 bridgehead atoms. The summed E-state index contributed by atoms with van der Waals surface area (Å²) in [7, 11) is -2.23. The first-order valence-electron chi connectivity index (χ1n) is 9.08. The van der Waals surface area contributed by atoms with Crippen LogP contribution in [0.4, 0.5) is 5.82 Å². The molecule has 30 heavy (non-hydrogen) atoms. The normalized spacial score (nSPS) is 22.3. The molecule has 0 radical (unpaired) electrons. The average molecular weight is 438 g/mol. The lowest BCUT2D eigenvalue weighted by molar-refractivity contribution is -0.142. The highest BCUT2D eigenvalue weighted by molar-refractivity contribution is 7.54. The SMILES string of the molecule is COC(=O)[C@H](N)Cc1ccc(OP2(=O)CO[C@@H](Cn3ccc(N)nc3=O)CO2)cc1. The number of hydrogen-bond acceptors (Lipinski definition) is 10. The van der Waals surface area contributed by atoms with Crippen LogP contribution in [0.3, 0.4) is 0 Å². The predicted octanol–water partition coefficient (Wildman–Crippen LogP) is 0.513. The van der Waals surface area contributed by atoms with E-state index >= 15 is 0 Å². The van der Waals surface area contributed by atoms with E-state index in [-0.39, 0.29) is 25.3 Å². The molecule has 1 aliphatic heterocycles. The van der Waals surface area contributed by atoms with Gasteiger partial charge in [-0.15, -0.1) is 0 Å². The second-order valence-corrected chi connectivity index (χ2v) is 8.60. The molecule has 0 aliphatic carbocycles. The van der Waals surface area contributed by atoms with Crippen molar-refractivity contribution in [2.45, 2.75) is 25.1 Å². The van der Waals surface area contributed by atoms with Gasteiger partial charge in [0.2, 0.25) is 0 Å². The smallest absolute Gasteiger partial charge is 0.404 e. The largest absolute Gasteiger partial charge is 0.468 e. The summed E-state index contributed by atoms with van der Waals surface area (Å²) < 4.78 is 35.2. The second kappa shape index (κ2) is 9.40. The van der Waals surface area contributed by atoms with E-state index in [2.05, 4.69) is 9.72 Å². The van der Waals surface area contributed by atoms with E-state index in [1.165, 1.54) is 23.9 Å². The van der Waals surface area contributed by atoms with Gasteiger partial charge in [0.05, 0.1) is 20.3 Å². The molecule has 3 rings (SSSR count). The van der Waals surface area contributed by atoms with E-state index in [0.717, 1.165) is 5.56 Å². The molecule has 0 saturated carbocycles. The minimum absolute atomic E-state index is 0.0137. The lowest BCUT2D eigenvalue weighted by atomic mass is 10.1. The Balaban J connectivity index is 1.53. The van der Waals surface area contributed by atoms with Crippen molar-refractivity contribution in [3.8, 4) is 5.75 Å². The van der Waals surface area contributed by atoms with Crippen molar-refractivity contribution in [3.05, 3.63) is 52.6 Å². The molecule has 0 spiro atoms. The van der Waals surface area contributed by atoms with Crippen molar-refractivity contribution in [1.82, 2.24) is 9.55 Å². The highest BCUT2D eigenvalue weighted by Crippen LogP contribution is 2.50. The third-order valence-corrected chi connectivity index (χ3v) is 5.85. The van der Waals surface area contributed by atoms with Gasteiger partial charge in [0.1, 0.15) is 23.7 Å².